The largest absolute Gasteiger partial charge is 0.490 e. The number of rotatable bonds is 5. The summed E-state index contributed by atoms with van der Waals surface area (Å²) in [5, 5.41) is 6.75. The second-order valence-corrected chi connectivity index (χ2v) is 5.90. The Labute approximate surface area is 125 Å². The Balaban J connectivity index is 1.56. The molecule has 1 aromatic carbocycles. The SMILES string of the molecule is C=CCOc1ccc(C(=O)NC2CC3CCC(C2)N3)cc1. The van der Waals surface area contributed by atoms with Crippen LogP contribution in [0.1, 0.15) is 36.0 Å². The van der Waals surface area contributed by atoms with Crippen molar-refractivity contribution in [2.75, 3.05) is 6.61 Å². The zero-order valence-electron chi connectivity index (χ0n) is 12.2. The molecule has 2 N–H and O–H groups in total. The van der Waals surface area contributed by atoms with Crippen LogP contribution in [0.25, 0.3) is 0 Å². The summed E-state index contributed by atoms with van der Waals surface area (Å²) in [4.78, 5) is 12.3. The van der Waals surface area contributed by atoms with Crippen LogP contribution in [0.2, 0.25) is 0 Å². The molecule has 1 amide bonds. The quantitative estimate of drug-likeness (QED) is 0.816. The molecule has 2 atom stereocenters. The van der Waals surface area contributed by atoms with Gasteiger partial charge in [-0.2, -0.15) is 0 Å². The number of fused-ring (bicyclic) bond motifs is 2. The summed E-state index contributed by atoms with van der Waals surface area (Å²) >= 11 is 0. The van der Waals surface area contributed by atoms with Crippen LogP contribution in [0.4, 0.5) is 0 Å². The van der Waals surface area contributed by atoms with Gasteiger partial charge in [0.2, 0.25) is 0 Å². The third-order valence-corrected chi connectivity index (χ3v) is 4.29. The minimum atomic E-state index is 0.0107. The van der Waals surface area contributed by atoms with Gasteiger partial charge in [-0.25, -0.2) is 0 Å². The molecule has 2 unspecified atom stereocenters. The van der Waals surface area contributed by atoms with Gasteiger partial charge in [0.15, 0.2) is 0 Å². The Morgan fingerprint density at radius 1 is 1.29 bits per heavy atom. The molecular formula is C17H22N2O2. The molecule has 112 valence electrons. The minimum Gasteiger partial charge on any atom is -0.490 e. The lowest BCUT2D eigenvalue weighted by Crippen LogP contribution is -2.48. The van der Waals surface area contributed by atoms with Gasteiger partial charge >= 0.3 is 0 Å². The van der Waals surface area contributed by atoms with Gasteiger partial charge in [0.05, 0.1) is 0 Å². The van der Waals surface area contributed by atoms with E-state index in [0.717, 1.165) is 18.6 Å². The fraction of sp³-hybridized carbons (Fsp3) is 0.471. The zero-order chi connectivity index (χ0) is 14.7. The third kappa shape index (κ3) is 3.45. The van der Waals surface area contributed by atoms with E-state index in [0.29, 0.717) is 30.3 Å². The Morgan fingerprint density at radius 2 is 1.95 bits per heavy atom. The summed E-state index contributed by atoms with van der Waals surface area (Å²) in [5.41, 5.74) is 0.687. The van der Waals surface area contributed by atoms with Crippen LogP contribution in [-0.4, -0.2) is 30.6 Å². The highest BCUT2D eigenvalue weighted by atomic mass is 16.5. The summed E-state index contributed by atoms with van der Waals surface area (Å²) in [7, 11) is 0. The Kier molecular flexibility index (Phi) is 4.25. The number of carbonyl (C=O) groups is 1. The summed E-state index contributed by atoms with van der Waals surface area (Å²) in [6, 6.07) is 8.74. The number of piperidine rings is 1. The van der Waals surface area contributed by atoms with Crippen molar-refractivity contribution in [1.29, 1.82) is 0 Å². The summed E-state index contributed by atoms with van der Waals surface area (Å²) in [5.74, 6) is 0.767. The summed E-state index contributed by atoms with van der Waals surface area (Å²) in [6.45, 7) is 4.09. The lowest BCUT2D eigenvalue weighted by atomic mass is 9.99. The smallest absolute Gasteiger partial charge is 0.251 e. The molecule has 2 saturated heterocycles. The van der Waals surface area contributed by atoms with E-state index in [2.05, 4.69) is 17.2 Å². The Morgan fingerprint density at radius 3 is 2.57 bits per heavy atom. The van der Waals surface area contributed by atoms with Crippen molar-refractivity contribution >= 4 is 5.91 Å². The molecule has 2 aliphatic rings. The van der Waals surface area contributed by atoms with Crippen molar-refractivity contribution in [1.82, 2.24) is 10.6 Å². The number of ether oxygens (including phenoxy) is 1. The normalized spacial score (nSPS) is 27.1. The lowest BCUT2D eigenvalue weighted by molar-refractivity contribution is 0.0924. The second-order valence-electron chi connectivity index (χ2n) is 5.90. The Hall–Kier alpha value is -1.81. The molecule has 0 aliphatic carbocycles. The molecule has 3 rings (SSSR count). The highest BCUT2D eigenvalue weighted by Crippen LogP contribution is 2.27. The molecular weight excluding hydrogens is 264 g/mol. The number of hydrogen-bond donors (Lipinski definition) is 2. The molecule has 0 spiro atoms. The predicted octanol–water partition coefficient (Wildman–Crippen LogP) is 2.26. The average molecular weight is 286 g/mol. The number of carbonyl (C=O) groups excluding carboxylic acids is 1. The molecule has 21 heavy (non-hydrogen) atoms. The molecule has 2 fully saturated rings. The first-order valence-corrected chi connectivity index (χ1v) is 7.65. The maximum Gasteiger partial charge on any atom is 0.251 e. The van der Waals surface area contributed by atoms with Crippen LogP contribution in [0, 0.1) is 0 Å². The van der Waals surface area contributed by atoms with E-state index < -0.39 is 0 Å². The standard InChI is InChI=1S/C17H22N2O2/c1-2-9-21-16-7-3-12(4-8-16)17(20)19-15-10-13-5-6-14(11-15)18-13/h2-4,7-8,13-15,18H,1,5-6,9-11H2,(H,19,20). The van der Waals surface area contributed by atoms with Gasteiger partial charge in [-0.3, -0.25) is 4.79 Å². The fourth-order valence-corrected chi connectivity index (χ4v) is 3.30. The van der Waals surface area contributed by atoms with Crippen LogP contribution < -0.4 is 15.4 Å². The first kappa shape index (κ1) is 14.1. The molecule has 2 aliphatic heterocycles. The predicted molar refractivity (Wildman–Crippen MR) is 82.6 cm³/mol. The highest BCUT2D eigenvalue weighted by molar-refractivity contribution is 5.94. The second kappa shape index (κ2) is 6.31. The maximum atomic E-state index is 12.3. The van der Waals surface area contributed by atoms with Crippen LogP contribution in [0.15, 0.2) is 36.9 Å². The molecule has 0 aromatic heterocycles. The molecule has 4 heteroatoms. The highest BCUT2D eigenvalue weighted by Gasteiger charge is 2.34. The van der Waals surface area contributed by atoms with Crippen LogP contribution >= 0.6 is 0 Å². The van der Waals surface area contributed by atoms with E-state index in [4.69, 9.17) is 4.74 Å². The number of nitrogens with one attached hydrogen (secondary N) is 2. The minimum absolute atomic E-state index is 0.0107. The van der Waals surface area contributed by atoms with Gasteiger partial charge in [0.1, 0.15) is 12.4 Å². The van der Waals surface area contributed by atoms with Crippen molar-refractivity contribution in [3.63, 3.8) is 0 Å². The van der Waals surface area contributed by atoms with E-state index in [9.17, 15) is 4.79 Å². The van der Waals surface area contributed by atoms with Crippen molar-refractivity contribution in [3.05, 3.63) is 42.5 Å². The van der Waals surface area contributed by atoms with Crippen molar-refractivity contribution in [2.24, 2.45) is 0 Å². The van der Waals surface area contributed by atoms with E-state index in [1.54, 1.807) is 6.08 Å². The Bertz CT molecular complexity index is 500. The van der Waals surface area contributed by atoms with Crippen LogP contribution in [-0.2, 0) is 0 Å². The van der Waals surface area contributed by atoms with Crippen LogP contribution in [0.5, 0.6) is 5.75 Å². The van der Waals surface area contributed by atoms with E-state index in [-0.39, 0.29) is 5.91 Å². The fourth-order valence-electron chi connectivity index (χ4n) is 3.30. The average Bonchev–Trinajstić information content (AvgIpc) is 2.84. The van der Waals surface area contributed by atoms with Gasteiger partial charge in [0.25, 0.3) is 5.91 Å². The van der Waals surface area contributed by atoms with E-state index in [1.807, 2.05) is 24.3 Å². The van der Waals surface area contributed by atoms with Gasteiger partial charge in [-0.1, -0.05) is 12.7 Å². The monoisotopic (exact) mass is 286 g/mol. The van der Waals surface area contributed by atoms with Gasteiger partial charge < -0.3 is 15.4 Å². The maximum absolute atomic E-state index is 12.3. The van der Waals surface area contributed by atoms with Gasteiger partial charge in [0, 0.05) is 23.7 Å². The molecule has 2 heterocycles. The zero-order valence-corrected chi connectivity index (χ0v) is 12.2. The van der Waals surface area contributed by atoms with Crippen molar-refractivity contribution in [2.45, 2.75) is 43.8 Å². The first-order valence-electron chi connectivity index (χ1n) is 7.65. The molecule has 0 saturated carbocycles. The van der Waals surface area contributed by atoms with Crippen molar-refractivity contribution in [3.8, 4) is 5.75 Å². The van der Waals surface area contributed by atoms with E-state index in [1.165, 1.54) is 12.8 Å². The number of benzene rings is 1. The molecule has 4 nitrogen and oxygen atoms in total. The summed E-state index contributed by atoms with van der Waals surface area (Å²) < 4.78 is 5.42. The molecule has 1 aromatic rings. The molecule has 0 radical (unpaired) electrons. The van der Waals surface area contributed by atoms with Crippen LogP contribution in [0.3, 0.4) is 0 Å². The van der Waals surface area contributed by atoms with Gasteiger partial charge in [-0.15, -0.1) is 0 Å². The van der Waals surface area contributed by atoms with Gasteiger partial charge in [-0.05, 0) is 49.9 Å². The van der Waals surface area contributed by atoms with E-state index >= 15 is 0 Å². The van der Waals surface area contributed by atoms with Crippen molar-refractivity contribution < 1.29 is 9.53 Å². The molecule has 2 bridgehead atoms. The summed E-state index contributed by atoms with van der Waals surface area (Å²) in [6.07, 6.45) is 6.27. The topological polar surface area (TPSA) is 50.4 Å². The lowest BCUT2D eigenvalue weighted by Gasteiger charge is -2.29. The third-order valence-electron chi connectivity index (χ3n) is 4.29. The number of hydrogen-bond acceptors (Lipinski definition) is 3. The number of amides is 1. The first-order chi connectivity index (χ1) is 10.2.